The molecule has 0 aliphatic carbocycles. The first kappa shape index (κ1) is 12.0. The third-order valence-corrected chi connectivity index (χ3v) is 4.17. The number of aryl methyl sites for hydroxylation is 1. The minimum Gasteiger partial charge on any atom is -0.504 e. The molecule has 21 heavy (non-hydrogen) atoms. The van der Waals surface area contributed by atoms with E-state index in [1.54, 1.807) is 6.07 Å². The molecule has 0 aliphatic heterocycles. The summed E-state index contributed by atoms with van der Waals surface area (Å²) in [5.74, 6) is -0.120. The van der Waals surface area contributed by atoms with Crippen LogP contribution in [0.1, 0.15) is 5.56 Å². The van der Waals surface area contributed by atoms with E-state index in [2.05, 4.69) is 30.3 Å². The monoisotopic (exact) mass is 274 g/mol. The van der Waals surface area contributed by atoms with E-state index in [-0.39, 0.29) is 11.5 Å². The molecule has 0 aliphatic rings. The molecule has 0 aromatic heterocycles. The van der Waals surface area contributed by atoms with Crippen molar-refractivity contribution in [3.05, 3.63) is 60.2 Å². The van der Waals surface area contributed by atoms with E-state index >= 15 is 0 Å². The SMILES string of the molecule is Cc1cc2c3ccccc3ccc2c2ccc(O)c(O)c12. The third-order valence-electron chi connectivity index (χ3n) is 4.17. The van der Waals surface area contributed by atoms with Crippen LogP contribution in [-0.2, 0) is 0 Å². The number of phenolic OH excluding ortho intramolecular Hbond substituents is 2. The van der Waals surface area contributed by atoms with Crippen molar-refractivity contribution in [3.63, 3.8) is 0 Å². The van der Waals surface area contributed by atoms with Crippen LogP contribution in [0.2, 0.25) is 0 Å². The van der Waals surface area contributed by atoms with Gasteiger partial charge in [-0.1, -0.05) is 42.5 Å². The molecule has 2 nitrogen and oxygen atoms in total. The average molecular weight is 274 g/mol. The highest BCUT2D eigenvalue weighted by molar-refractivity contribution is 6.19. The van der Waals surface area contributed by atoms with Gasteiger partial charge in [-0.25, -0.2) is 0 Å². The maximum Gasteiger partial charge on any atom is 0.165 e. The minimum absolute atomic E-state index is 0.0416. The fraction of sp³-hybridized carbons (Fsp3) is 0.0526. The van der Waals surface area contributed by atoms with Crippen molar-refractivity contribution in [2.75, 3.05) is 0 Å². The van der Waals surface area contributed by atoms with Gasteiger partial charge < -0.3 is 10.2 Å². The second-order valence-corrected chi connectivity index (χ2v) is 5.43. The number of fused-ring (bicyclic) bond motifs is 5. The standard InChI is InChI=1S/C19H14O2/c1-11-10-16-13-5-3-2-4-12(13)6-7-14(16)15-8-9-17(20)19(21)18(11)15/h2-10,20-21H,1H3. The van der Waals surface area contributed by atoms with Crippen LogP contribution in [0.15, 0.2) is 54.6 Å². The molecule has 0 radical (unpaired) electrons. The van der Waals surface area contributed by atoms with Crippen LogP contribution in [0.4, 0.5) is 0 Å². The fourth-order valence-corrected chi connectivity index (χ4v) is 3.18. The number of rotatable bonds is 0. The van der Waals surface area contributed by atoms with Gasteiger partial charge in [-0.15, -0.1) is 0 Å². The highest BCUT2D eigenvalue weighted by atomic mass is 16.3. The second kappa shape index (κ2) is 4.13. The molecule has 0 amide bonds. The number of benzene rings is 4. The quantitative estimate of drug-likeness (QED) is 0.355. The lowest BCUT2D eigenvalue weighted by Crippen LogP contribution is -1.85. The van der Waals surface area contributed by atoms with Gasteiger partial charge in [0.1, 0.15) is 0 Å². The molecule has 102 valence electrons. The Hall–Kier alpha value is -2.74. The summed E-state index contributed by atoms with van der Waals surface area (Å²) in [5.41, 5.74) is 0.960. The van der Waals surface area contributed by atoms with Crippen molar-refractivity contribution in [3.8, 4) is 11.5 Å². The topological polar surface area (TPSA) is 40.5 Å². The van der Waals surface area contributed by atoms with Gasteiger partial charge in [0.05, 0.1) is 0 Å². The zero-order valence-corrected chi connectivity index (χ0v) is 11.6. The van der Waals surface area contributed by atoms with Crippen molar-refractivity contribution in [2.24, 2.45) is 0 Å². The molecule has 0 spiro atoms. The van der Waals surface area contributed by atoms with E-state index < -0.39 is 0 Å². The number of phenols is 2. The Bertz CT molecular complexity index is 1020. The molecule has 4 aromatic carbocycles. The van der Waals surface area contributed by atoms with Crippen LogP contribution in [0.25, 0.3) is 32.3 Å². The summed E-state index contributed by atoms with van der Waals surface area (Å²) in [7, 11) is 0. The van der Waals surface area contributed by atoms with Crippen LogP contribution in [0.5, 0.6) is 11.5 Å². The third kappa shape index (κ3) is 1.59. The molecule has 2 heteroatoms. The largest absolute Gasteiger partial charge is 0.504 e. The van der Waals surface area contributed by atoms with E-state index in [4.69, 9.17) is 0 Å². The van der Waals surface area contributed by atoms with Gasteiger partial charge in [0.2, 0.25) is 0 Å². The molecule has 0 saturated heterocycles. The lowest BCUT2D eigenvalue weighted by atomic mass is 9.93. The van der Waals surface area contributed by atoms with E-state index in [9.17, 15) is 10.2 Å². The predicted octanol–water partition coefficient (Wildman–Crippen LogP) is 4.87. The molecule has 0 fully saturated rings. The first-order valence-corrected chi connectivity index (χ1v) is 6.92. The van der Waals surface area contributed by atoms with Crippen LogP contribution in [0, 0.1) is 6.92 Å². The van der Waals surface area contributed by atoms with E-state index in [0.717, 1.165) is 21.7 Å². The zero-order chi connectivity index (χ0) is 14.6. The van der Waals surface area contributed by atoms with Crippen molar-refractivity contribution in [2.45, 2.75) is 6.92 Å². The van der Waals surface area contributed by atoms with Gasteiger partial charge in [0, 0.05) is 5.39 Å². The summed E-state index contributed by atoms with van der Waals surface area (Å²) >= 11 is 0. The van der Waals surface area contributed by atoms with Gasteiger partial charge in [0.25, 0.3) is 0 Å². The first-order chi connectivity index (χ1) is 10.2. The van der Waals surface area contributed by atoms with Gasteiger partial charge in [0.15, 0.2) is 11.5 Å². The maximum absolute atomic E-state index is 10.2. The average Bonchev–Trinajstić information content (AvgIpc) is 2.50. The Balaban J connectivity index is 2.31. The lowest BCUT2D eigenvalue weighted by Gasteiger charge is -2.12. The van der Waals surface area contributed by atoms with Gasteiger partial charge in [-0.05, 0) is 51.6 Å². The molecule has 0 atom stereocenters. The van der Waals surface area contributed by atoms with Crippen molar-refractivity contribution in [1.82, 2.24) is 0 Å². The van der Waals surface area contributed by atoms with Crippen LogP contribution in [0.3, 0.4) is 0 Å². The summed E-state index contributed by atoms with van der Waals surface area (Å²) in [6, 6.07) is 18.0. The Morgan fingerprint density at radius 1 is 0.714 bits per heavy atom. The molecule has 4 rings (SSSR count). The summed E-state index contributed by atoms with van der Waals surface area (Å²) < 4.78 is 0. The molecule has 0 heterocycles. The lowest BCUT2D eigenvalue weighted by molar-refractivity contribution is 0.408. The molecule has 0 unspecified atom stereocenters. The molecule has 4 aromatic rings. The summed E-state index contributed by atoms with van der Waals surface area (Å²) in [5, 5.41) is 26.2. The molecule has 0 bridgehead atoms. The molecular formula is C19H14O2. The molecule has 0 saturated carbocycles. The normalized spacial score (nSPS) is 11.5. The van der Waals surface area contributed by atoms with Gasteiger partial charge >= 0.3 is 0 Å². The smallest absolute Gasteiger partial charge is 0.165 e. The Labute approximate surface area is 121 Å². The molecule has 2 N–H and O–H groups in total. The number of hydrogen-bond acceptors (Lipinski definition) is 2. The van der Waals surface area contributed by atoms with Gasteiger partial charge in [-0.2, -0.15) is 0 Å². The maximum atomic E-state index is 10.2. The van der Waals surface area contributed by atoms with Crippen LogP contribution >= 0.6 is 0 Å². The molecular weight excluding hydrogens is 260 g/mol. The first-order valence-electron chi connectivity index (χ1n) is 6.92. The van der Waals surface area contributed by atoms with Crippen molar-refractivity contribution in [1.29, 1.82) is 0 Å². The zero-order valence-electron chi connectivity index (χ0n) is 11.6. The fourth-order valence-electron chi connectivity index (χ4n) is 3.18. The highest BCUT2D eigenvalue weighted by Gasteiger charge is 2.12. The second-order valence-electron chi connectivity index (χ2n) is 5.43. The van der Waals surface area contributed by atoms with Crippen molar-refractivity contribution < 1.29 is 10.2 Å². The van der Waals surface area contributed by atoms with Crippen LogP contribution < -0.4 is 0 Å². The summed E-state index contributed by atoms with van der Waals surface area (Å²) in [4.78, 5) is 0. The summed E-state index contributed by atoms with van der Waals surface area (Å²) in [6.07, 6.45) is 0. The minimum atomic E-state index is -0.0780. The van der Waals surface area contributed by atoms with Crippen LogP contribution in [-0.4, -0.2) is 10.2 Å². The van der Waals surface area contributed by atoms with E-state index in [0.29, 0.717) is 0 Å². The predicted molar refractivity (Wildman–Crippen MR) is 87.0 cm³/mol. The van der Waals surface area contributed by atoms with Gasteiger partial charge in [-0.3, -0.25) is 0 Å². The van der Waals surface area contributed by atoms with E-state index in [1.165, 1.54) is 16.2 Å². The number of hydrogen-bond donors (Lipinski definition) is 2. The Morgan fingerprint density at radius 3 is 2.33 bits per heavy atom. The van der Waals surface area contributed by atoms with E-state index in [1.807, 2.05) is 25.1 Å². The Morgan fingerprint density at radius 2 is 1.48 bits per heavy atom. The Kier molecular flexibility index (Phi) is 2.36. The van der Waals surface area contributed by atoms with Crippen molar-refractivity contribution >= 4 is 32.3 Å². The highest BCUT2D eigenvalue weighted by Crippen LogP contribution is 2.40. The summed E-state index contributed by atoms with van der Waals surface area (Å²) in [6.45, 7) is 1.96. The number of aromatic hydroxyl groups is 2.